The number of ether oxygens (including phenoxy) is 1. The van der Waals surface area contributed by atoms with Crippen LogP contribution in [0.1, 0.15) is 16.7 Å². The average Bonchev–Trinajstić information content (AvgIpc) is 2.89. The first-order chi connectivity index (χ1) is 13.5. The Bertz CT molecular complexity index is 1050. The van der Waals surface area contributed by atoms with Crippen LogP contribution in [0, 0.1) is 6.92 Å². The molecule has 5 heteroatoms. The molecule has 0 unspecified atom stereocenters. The van der Waals surface area contributed by atoms with Crippen molar-refractivity contribution in [1.29, 1.82) is 0 Å². The van der Waals surface area contributed by atoms with Crippen LogP contribution >= 0.6 is 0 Å². The van der Waals surface area contributed by atoms with Gasteiger partial charge in [0.1, 0.15) is 12.4 Å². The zero-order valence-corrected chi connectivity index (χ0v) is 16.6. The Labute approximate surface area is 166 Å². The zero-order valence-electron chi connectivity index (χ0n) is 15.8. The van der Waals surface area contributed by atoms with E-state index in [-0.39, 0.29) is 6.04 Å². The molecule has 1 heterocycles. The summed E-state index contributed by atoms with van der Waals surface area (Å²) >= 11 is 0. The lowest BCUT2D eigenvalue weighted by atomic mass is 10.1. The van der Waals surface area contributed by atoms with E-state index >= 15 is 0 Å². The Kier molecular flexibility index (Phi) is 5.20. The molecule has 0 N–H and O–H groups in total. The Morgan fingerprint density at radius 1 is 0.929 bits per heavy atom. The van der Waals surface area contributed by atoms with E-state index in [0.717, 1.165) is 22.4 Å². The predicted molar refractivity (Wildman–Crippen MR) is 110 cm³/mol. The lowest BCUT2D eigenvalue weighted by Gasteiger charge is -2.28. The van der Waals surface area contributed by atoms with Crippen LogP contribution in [0.25, 0.3) is 0 Å². The maximum Gasteiger partial charge on any atom is 0.243 e. The Morgan fingerprint density at radius 3 is 2.36 bits per heavy atom. The number of sulfonamides is 1. The molecule has 0 saturated carbocycles. The van der Waals surface area contributed by atoms with Crippen molar-refractivity contribution in [3.63, 3.8) is 0 Å². The fourth-order valence-electron chi connectivity index (χ4n) is 3.52. The molecule has 0 fully saturated rings. The third-order valence-electron chi connectivity index (χ3n) is 5.08. The highest BCUT2D eigenvalue weighted by atomic mass is 32.2. The molecule has 3 aromatic carbocycles. The Hall–Kier alpha value is -2.63. The van der Waals surface area contributed by atoms with E-state index in [9.17, 15) is 8.42 Å². The molecule has 1 atom stereocenters. The molecule has 0 saturated heterocycles. The molecule has 1 aliphatic heterocycles. The van der Waals surface area contributed by atoms with Crippen molar-refractivity contribution in [3.05, 3.63) is 95.6 Å². The van der Waals surface area contributed by atoms with E-state index in [1.165, 1.54) is 0 Å². The maximum atomic E-state index is 13.5. The van der Waals surface area contributed by atoms with E-state index in [1.54, 1.807) is 16.4 Å². The molecule has 0 amide bonds. The number of fused-ring (bicyclic) bond motifs is 1. The molecule has 4 nitrogen and oxygen atoms in total. The molecule has 0 radical (unpaired) electrons. The fourth-order valence-corrected chi connectivity index (χ4v) is 5.10. The number of hydrogen-bond donors (Lipinski definition) is 0. The summed E-state index contributed by atoms with van der Waals surface area (Å²) in [5.41, 5.74) is 3.00. The minimum absolute atomic E-state index is 0.291. The van der Waals surface area contributed by atoms with Crippen LogP contribution in [0.3, 0.4) is 0 Å². The molecular weight excluding hydrogens is 370 g/mol. The first kappa shape index (κ1) is 18.7. The predicted octanol–water partition coefficient (Wildman–Crippen LogP) is 4.19. The number of para-hydroxylation sites is 1. The minimum atomic E-state index is -3.66. The van der Waals surface area contributed by atoms with Gasteiger partial charge < -0.3 is 4.74 Å². The van der Waals surface area contributed by atoms with Gasteiger partial charge in [0.25, 0.3) is 0 Å². The lowest BCUT2D eigenvalue weighted by Crippen LogP contribution is -2.43. The van der Waals surface area contributed by atoms with Crippen LogP contribution < -0.4 is 4.74 Å². The van der Waals surface area contributed by atoms with Gasteiger partial charge in [-0.05, 0) is 37.1 Å². The van der Waals surface area contributed by atoms with E-state index in [1.807, 2.05) is 73.7 Å². The molecule has 3 aromatic rings. The van der Waals surface area contributed by atoms with Gasteiger partial charge in [0, 0.05) is 12.1 Å². The van der Waals surface area contributed by atoms with Crippen molar-refractivity contribution in [2.45, 2.75) is 30.8 Å². The second-order valence-corrected chi connectivity index (χ2v) is 9.02. The van der Waals surface area contributed by atoms with Gasteiger partial charge in [-0.3, -0.25) is 0 Å². The number of rotatable bonds is 4. The number of aryl methyl sites for hydroxylation is 1. The van der Waals surface area contributed by atoms with Gasteiger partial charge in [0.2, 0.25) is 10.0 Å². The van der Waals surface area contributed by atoms with Gasteiger partial charge in [0.05, 0.1) is 10.9 Å². The summed E-state index contributed by atoms with van der Waals surface area (Å²) in [4.78, 5) is 0.315. The van der Waals surface area contributed by atoms with Crippen molar-refractivity contribution < 1.29 is 13.2 Å². The summed E-state index contributed by atoms with van der Waals surface area (Å²) in [7, 11) is -3.66. The Morgan fingerprint density at radius 2 is 1.61 bits per heavy atom. The van der Waals surface area contributed by atoms with Crippen molar-refractivity contribution in [2.24, 2.45) is 0 Å². The molecule has 0 aromatic heterocycles. The molecule has 4 rings (SSSR count). The van der Waals surface area contributed by atoms with Gasteiger partial charge in [0.15, 0.2) is 0 Å². The topological polar surface area (TPSA) is 46.6 Å². The first-order valence-corrected chi connectivity index (χ1v) is 10.8. The number of nitrogens with zero attached hydrogens (tertiary/aromatic N) is 1. The SMILES string of the molecule is Cc1ccc(S(=O)(=O)N2Cc3ccccc3OC[C@@H]2Cc2ccccc2)cc1. The van der Waals surface area contributed by atoms with E-state index in [4.69, 9.17) is 4.74 Å². The average molecular weight is 394 g/mol. The quantitative estimate of drug-likeness (QED) is 0.668. The van der Waals surface area contributed by atoms with E-state index < -0.39 is 10.0 Å². The van der Waals surface area contributed by atoms with Gasteiger partial charge in [-0.15, -0.1) is 0 Å². The van der Waals surface area contributed by atoms with E-state index in [2.05, 4.69) is 0 Å². The standard InChI is InChI=1S/C23H23NO3S/c1-18-11-13-22(14-12-18)28(25,26)24-16-20-9-5-6-10-23(20)27-17-21(24)15-19-7-3-2-4-8-19/h2-14,21H,15-17H2,1H3/t21-/m0/s1. The van der Waals surface area contributed by atoms with Crippen LogP contribution in [-0.4, -0.2) is 25.4 Å². The summed E-state index contributed by atoms with van der Waals surface area (Å²) in [6, 6.07) is 24.3. The second-order valence-electron chi connectivity index (χ2n) is 7.13. The van der Waals surface area contributed by atoms with Gasteiger partial charge in [-0.1, -0.05) is 66.2 Å². The molecule has 144 valence electrons. The highest BCUT2D eigenvalue weighted by Gasteiger charge is 2.34. The van der Waals surface area contributed by atoms with Crippen LogP contribution in [0.15, 0.2) is 83.8 Å². The molecular formula is C23H23NO3S. The highest BCUT2D eigenvalue weighted by Crippen LogP contribution is 2.30. The molecule has 1 aliphatic rings. The van der Waals surface area contributed by atoms with E-state index in [0.29, 0.717) is 24.5 Å². The monoisotopic (exact) mass is 393 g/mol. The van der Waals surface area contributed by atoms with Gasteiger partial charge in [-0.2, -0.15) is 4.31 Å². The first-order valence-electron chi connectivity index (χ1n) is 9.37. The van der Waals surface area contributed by atoms with Crippen LogP contribution in [0.4, 0.5) is 0 Å². The highest BCUT2D eigenvalue weighted by molar-refractivity contribution is 7.89. The molecule has 28 heavy (non-hydrogen) atoms. The summed E-state index contributed by atoms with van der Waals surface area (Å²) in [6.45, 7) is 2.56. The summed E-state index contributed by atoms with van der Waals surface area (Å²) < 4.78 is 34.7. The van der Waals surface area contributed by atoms with Crippen molar-refractivity contribution in [1.82, 2.24) is 4.31 Å². The Balaban J connectivity index is 1.74. The third kappa shape index (κ3) is 3.81. The number of benzene rings is 3. The van der Waals surface area contributed by atoms with Crippen molar-refractivity contribution >= 4 is 10.0 Å². The summed E-state index contributed by atoms with van der Waals surface area (Å²) in [6.07, 6.45) is 0.597. The summed E-state index contributed by atoms with van der Waals surface area (Å²) in [5, 5.41) is 0. The van der Waals surface area contributed by atoms with Gasteiger partial charge in [-0.25, -0.2) is 8.42 Å². The second kappa shape index (κ2) is 7.78. The van der Waals surface area contributed by atoms with Crippen LogP contribution in [0.5, 0.6) is 5.75 Å². The minimum Gasteiger partial charge on any atom is -0.492 e. The molecule has 0 spiro atoms. The molecule has 0 bridgehead atoms. The lowest BCUT2D eigenvalue weighted by molar-refractivity contribution is 0.219. The third-order valence-corrected chi connectivity index (χ3v) is 6.99. The smallest absolute Gasteiger partial charge is 0.243 e. The summed E-state index contributed by atoms with van der Waals surface area (Å²) in [5.74, 6) is 0.752. The fraction of sp³-hybridized carbons (Fsp3) is 0.217. The van der Waals surface area contributed by atoms with Crippen molar-refractivity contribution in [3.8, 4) is 5.75 Å². The van der Waals surface area contributed by atoms with Crippen LogP contribution in [-0.2, 0) is 23.0 Å². The number of hydrogen-bond acceptors (Lipinski definition) is 3. The van der Waals surface area contributed by atoms with Crippen molar-refractivity contribution in [2.75, 3.05) is 6.61 Å². The molecule has 0 aliphatic carbocycles. The zero-order chi connectivity index (χ0) is 19.6. The normalized spacial score (nSPS) is 17.4. The van der Waals surface area contributed by atoms with Gasteiger partial charge >= 0.3 is 0 Å². The van der Waals surface area contributed by atoms with Crippen LogP contribution in [0.2, 0.25) is 0 Å². The maximum absolute atomic E-state index is 13.5. The largest absolute Gasteiger partial charge is 0.492 e.